The second-order valence-electron chi connectivity index (χ2n) is 6.97. The van der Waals surface area contributed by atoms with Crippen molar-refractivity contribution in [3.8, 4) is 17.0 Å². The standard InChI is InChI=1S/C21H28N4O3/c1-2-28-18-10-8-16(9-11-18)19-12-13-20(26)25(24-19)15-14-22-21(27)23-17-6-4-3-5-7-17/h8-13,17H,2-7,14-15H2,1H3,(H2,22,23,27). The van der Waals surface area contributed by atoms with Crippen LogP contribution in [0.3, 0.4) is 0 Å². The lowest BCUT2D eigenvalue weighted by atomic mass is 9.96. The van der Waals surface area contributed by atoms with Gasteiger partial charge in [0.2, 0.25) is 0 Å². The van der Waals surface area contributed by atoms with Crippen LogP contribution in [0.4, 0.5) is 4.79 Å². The molecule has 0 aliphatic heterocycles. The van der Waals surface area contributed by atoms with Gasteiger partial charge in [0.25, 0.3) is 5.56 Å². The maximum atomic E-state index is 12.1. The molecule has 1 saturated carbocycles. The molecule has 150 valence electrons. The minimum Gasteiger partial charge on any atom is -0.494 e. The highest BCUT2D eigenvalue weighted by Gasteiger charge is 2.15. The summed E-state index contributed by atoms with van der Waals surface area (Å²) in [5.41, 5.74) is 1.42. The second-order valence-corrected chi connectivity index (χ2v) is 6.97. The summed E-state index contributed by atoms with van der Waals surface area (Å²) < 4.78 is 6.83. The average molecular weight is 384 g/mol. The molecule has 3 rings (SSSR count). The van der Waals surface area contributed by atoms with E-state index in [1.807, 2.05) is 31.2 Å². The highest BCUT2D eigenvalue weighted by Crippen LogP contribution is 2.20. The van der Waals surface area contributed by atoms with E-state index in [1.165, 1.54) is 30.0 Å². The third-order valence-corrected chi connectivity index (χ3v) is 4.88. The zero-order valence-electron chi connectivity index (χ0n) is 16.3. The van der Waals surface area contributed by atoms with Gasteiger partial charge in [0.15, 0.2) is 0 Å². The Morgan fingerprint density at radius 3 is 2.61 bits per heavy atom. The van der Waals surface area contributed by atoms with E-state index >= 15 is 0 Å². The van der Waals surface area contributed by atoms with Crippen molar-refractivity contribution in [3.05, 3.63) is 46.8 Å². The number of aromatic nitrogens is 2. The summed E-state index contributed by atoms with van der Waals surface area (Å²) >= 11 is 0. The van der Waals surface area contributed by atoms with Crippen LogP contribution in [0, 0.1) is 0 Å². The van der Waals surface area contributed by atoms with E-state index in [1.54, 1.807) is 6.07 Å². The van der Waals surface area contributed by atoms with Gasteiger partial charge in [-0.2, -0.15) is 5.10 Å². The molecule has 0 spiro atoms. The number of urea groups is 1. The first-order chi connectivity index (χ1) is 13.7. The van der Waals surface area contributed by atoms with Gasteiger partial charge in [0.1, 0.15) is 5.75 Å². The van der Waals surface area contributed by atoms with Crippen LogP contribution in [0.5, 0.6) is 5.75 Å². The normalized spacial score (nSPS) is 14.5. The number of carbonyl (C=O) groups is 1. The molecule has 2 N–H and O–H groups in total. The molecule has 7 nitrogen and oxygen atoms in total. The molecule has 2 amide bonds. The van der Waals surface area contributed by atoms with Crippen molar-refractivity contribution in [2.24, 2.45) is 0 Å². The van der Waals surface area contributed by atoms with Crippen molar-refractivity contribution >= 4 is 6.03 Å². The Hall–Kier alpha value is -2.83. The van der Waals surface area contributed by atoms with Gasteiger partial charge in [-0.05, 0) is 50.1 Å². The van der Waals surface area contributed by atoms with Gasteiger partial charge in [-0.3, -0.25) is 4.79 Å². The van der Waals surface area contributed by atoms with E-state index in [0.29, 0.717) is 25.4 Å². The first kappa shape index (κ1) is 19.9. The molecule has 28 heavy (non-hydrogen) atoms. The third-order valence-electron chi connectivity index (χ3n) is 4.88. The largest absolute Gasteiger partial charge is 0.494 e. The fourth-order valence-electron chi connectivity index (χ4n) is 3.41. The minimum absolute atomic E-state index is 0.178. The van der Waals surface area contributed by atoms with Crippen LogP contribution in [0.15, 0.2) is 41.2 Å². The Balaban J connectivity index is 1.55. The van der Waals surface area contributed by atoms with Crippen molar-refractivity contribution < 1.29 is 9.53 Å². The van der Waals surface area contributed by atoms with Gasteiger partial charge in [-0.25, -0.2) is 9.48 Å². The van der Waals surface area contributed by atoms with Crippen LogP contribution in [-0.4, -0.2) is 35.0 Å². The first-order valence-electron chi connectivity index (χ1n) is 10.0. The number of amides is 2. The zero-order chi connectivity index (χ0) is 19.8. The van der Waals surface area contributed by atoms with E-state index in [4.69, 9.17) is 4.74 Å². The van der Waals surface area contributed by atoms with E-state index in [9.17, 15) is 9.59 Å². The maximum absolute atomic E-state index is 12.1. The van der Waals surface area contributed by atoms with Crippen LogP contribution in [-0.2, 0) is 6.54 Å². The molecule has 0 bridgehead atoms. The van der Waals surface area contributed by atoms with Crippen LogP contribution in [0.2, 0.25) is 0 Å². The van der Waals surface area contributed by atoms with Gasteiger partial charge >= 0.3 is 6.03 Å². The number of ether oxygens (including phenoxy) is 1. The number of benzene rings is 1. The highest BCUT2D eigenvalue weighted by atomic mass is 16.5. The van der Waals surface area contributed by atoms with E-state index in [-0.39, 0.29) is 17.6 Å². The summed E-state index contributed by atoms with van der Waals surface area (Å²) in [7, 11) is 0. The Labute approximate surface area is 165 Å². The van der Waals surface area contributed by atoms with Gasteiger partial charge in [-0.15, -0.1) is 0 Å². The summed E-state index contributed by atoms with van der Waals surface area (Å²) in [6.07, 6.45) is 5.67. The summed E-state index contributed by atoms with van der Waals surface area (Å²) in [5, 5.41) is 10.2. The van der Waals surface area contributed by atoms with E-state index in [2.05, 4.69) is 15.7 Å². The molecule has 0 unspecified atom stereocenters. The predicted molar refractivity (Wildman–Crippen MR) is 109 cm³/mol. The molecule has 2 aromatic rings. The number of nitrogens with zero attached hydrogens (tertiary/aromatic N) is 2. The molecule has 1 fully saturated rings. The van der Waals surface area contributed by atoms with Gasteiger partial charge in [0, 0.05) is 24.2 Å². The van der Waals surface area contributed by atoms with Gasteiger partial charge < -0.3 is 15.4 Å². The fourth-order valence-corrected chi connectivity index (χ4v) is 3.41. The quantitative estimate of drug-likeness (QED) is 0.769. The first-order valence-corrected chi connectivity index (χ1v) is 10.0. The molecule has 1 heterocycles. The molecule has 1 aliphatic rings. The third kappa shape index (κ3) is 5.58. The van der Waals surface area contributed by atoms with Gasteiger partial charge in [-0.1, -0.05) is 19.3 Å². The van der Waals surface area contributed by atoms with Crippen LogP contribution < -0.4 is 20.9 Å². The van der Waals surface area contributed by atoms with Gasteiger partial charge in [0.05, 0.1) is 18.8 Å². The molecule has 1 aromatic carbocycles. The molecule has 0 saturated heterocycles. The summed E-state index contributed by atoms with van der Waals surface area (Å²) in [5.74, 6) is 0.799. The predicted octanol–water partition coefficient (Wildman–Crippen LogP) is 2.94. The monoisotopic (exact) mass is 384 g/mol. The molecule has 7 heteroatoms. The number of hydrogen-bond donors (Lipinski definition) is 2. The Morgan fingerprint density at radius 2 is 1.89 bits per heavy atom. The SMILES string of the molecule is CCOc1ccc(-c2ccc(=O)n(CCNC(=O)NC3CCCCC3)n2)cc1. The van der Waals surface area contributed by atoms with Crippen LogP contribution in [0.25, 0.3) is 11.3 Å². The molecular weight excluding hydrogens is 356 g/mol. The molecular formula is C21H28N4O3. The minimum atomic E-state index is -0.191. The lowest BCUT2D eigenvalue weighted by Gasteiger charge is -2.22. The fraction of sp³-hybridized carbons (Fsp3) is 0.476. The summed E-state index contributed by atoms with van der Waals surface area (Å²) in [6.45, 7) is 3.22. The van der Waals surface area contributed by atoms with Crippen LogP contribution in [0.1, 0.15) is 39.0 Å². The number of hydrogen-bond acceptors (Lipinski definition) is 4. The lowest BCUT2D eigenvalue weighted by molar-refractivity contribution is 0.232. The molecule has 0 atom stereocenters. The summed E-state index contributed by atoms with van der Waals surface area (Å²) in [4.78, 5) is 24.1. The highest BCUT2D eigenvalue weighted by molar-refractivity contribution is 5.74. The Morgan fingerprint density at radius 1 is 1.14 bits per heavy atom. The Bertz CT molecular complexity index is 826. The van der Waals surface area contributed by atoms with E-state index < -0.39 is 0 Å². The molecule has 1 aromatic heterocycles. The maximum Gasteiger partial charge on any atom is 0.315 e. The molecule has 0 radical (unpaired) electrons. The zero-order valence-corrected chi connectivity index (χ0v) is 16.3. The Kier molecular flexibility index (Phi) is 7.06. The second kappa shape index (κ2) is 9.92. The number of nitrogens with one attached hydrogen (secondary N) is 2. The van der Waals surface area contributed by atoms with Crippen LogP contribution >= 0.6 is 0 Å². The number of carbonyl (C=O) groups excluding carboxylic acids is 1. The molecule has 1 aliphatic carbocycles. The van der Waals surface area contributed by atoms with E-state index in [0.717, 1.165) is 24.2 Å². The smallest absolute Gasteiger partial charge is 0.315 e. The lowest BCUT2D eigenvalue weighted by Crippen LogP contribution is -2.44. The average Bonchev–Trinajstić information content (AvgIpc) is 2.71. The van der Waals surface area contributed by atoms with Crippen molar-refractivity contribution in [2.75, 3.05) is 13.2 Å². The summed E-state index contributed by atoms with van der Waals surface area (Å²) in [6, 6.07) is 10.9. The van der Waals surface area contributed by atoms with Crippen molar-refractivity contribution in [2.45, 2.75) is 51.6 Å². The number of rotatable bonds is 7. The van der Waals surface area contributed by atoms with Crippen molar-refractivity contribution in [1.82, 2.24) is 20.4 Å². The topological polar surface area (TPSA) is 85.2 Å². The van der Waals surface area contributed by atoms with Crippen molar-refractivity contribution in [1.29, 1.82) is 0 Å². The van der Waals surface area contributed by atoms with Crippen molar-refractivity contribution in [3.63, 3.8) is 0 Å².